The Morgan fingerprint density at radius 2 is 2.06 bits per heavy atom. The smallest absolute Gasteiger partial charge is 0.246 e. The van der Waals surface area contributed by atoms with Gasteiger partial charge in [-0.2, -0.15) is 9.29 Å². The molecule has 1 atom stereocenters. The molecule has 1 fully saturated rings. The number of amides is 1. The normalized spacial score (nSPS) is 17.2. The SMILES string of the molecule is CCCN(Cc1nc(-c2cccs2)no1)C(=O)C1CCCN(S(=O)(=O)c2ccc(C)cc2)C1. The largest absolute Gasteiger partial charge is 0.337 e. The Hall–Kier alpha value is -2.56. The van der Waals surface area contributed by atoms with Crippen LogP contribution in [0, 0.1) is 12.8 Å². The summed E-state index contributed by atoms with van der Waals surface area (Å²) in [5.74, 6) is 0.416. The molecule has 0 aliphatic carbocycles. The van der Waals surface area contributed by atoms with Gasteiger partial charge in [-0.25, -0.2) is 8.42 Å². The van der Waals surface area contributed by atoms with Gasteiger partial charge in [-0.15, -0.1) is 11.3 Å². The molecule has 0 spiro atoms. The van der Waals surface area contributed by atoms with Crippen LogP contribution in [0.25, 0.3) is 10.7 Å². The second-order valence-corrected chi connectivity index (χ2v) is 11.1. The first-order chi connectivity index (χ1) is 15.9. The summed E-state index contributed by atoms with van der Waals surface area (Å²) in [6, 6.07) is 10.7. The van der Waals surface area contributed by atoms with E-state index in [0.717, 1.165) is 16.9 Å². The van der Waals surface area contributed by atoms with Crippen LogP contribution in [0.4, 0.5) is 0 Å². The van der Waals surface area contributed by atoms with Crippen molar-refractivity contribution in [2.45, 2.75) is 44.6 Å². The first-order valence-corrected chi connectivity index (χ1v) is 13.4. The van der Waals surface area contributed by atoms with E-state index in [9.17, 15) is 13.2 Å². The fourth-order valence-electron chi connectivity index (χ4n) is 4.01. The summed E-state index contributed by atoms with van der Waals surface area (Å²) in [6.45, 7) is 5.27. The molecule has 1 aromatic carbocycles. The predicted octanol–water partition coefficient (Wildman–Crippen LogP) is 3.95. The van der Waals surface area contributed by atoms with E-state index in [1.54, 1.807) is 29.2 Å². The van der Waals surface area contributed by atoms with Crippen molar-refractivity contribution in [3.8, 4) is 10.7 Å². The zero-order valence-corrected chi connectivity index (χ0v) is 20.4. The highest BCUT2D eigenvalue weighted by Crippen LogP contribution is 2.26. The van der Waals surface area contributed by atoms with E-state index in [4.69, 9.17) is 4.52 Å². The van der Waals surface area contributed by atoms with Crippen LogP contribution in [0.1, 0.15) is 37.6 Å². The molecule has 0 radical (unpaired) electrons. The van der Waals surface area contributed by atoms with Crippen molar-refractivity contribution in [1.82, 2.24) is 19.3 Å². The van der Waals surface area contributed by atoms with E-state index in [0.29, 0.717) is 37.6 Å². The van der Waals surface area contributed by atoms with Gasteiger partial charge in [0, 0.05) is 19.6 Å². The van der Waals surface area contributed by atoms with Gasteiger partial charge in [-0.1, -0.05) is 35.8 Å². The quantitative estimate of drug-likeness (QED) is 0.476. The maximum absolute atomic E-state index is 13.4. The maximum Gasteiger partial charge on any atom is 0.246 e. The summed E-state index contributed by atoms with van der Waals surface area (Å²) in [6.07, 6.45) is 2.07. The van der Waals surface area contributed by atoms with Crippen LogP contribution in [0.15, 0.2) is 51.2 Å². The summed E-state index contributed by atoms with van der Waals surface area (Å²) < 4.78 is 33.1. The van der Waals surface area contributed by atoms with Gasteiger partial charge < -0.3 is 9.42 Å². The number of carbonyl (C=O) groups excluding carboxylic acids is 1. The molecule has 1 aliphatic rings. The predicted molar refractivity (Wildman–Crippen MR) is 126 cm³/mol. The van der Waals surface area contributed by atoms with Crippen LogP contribution in [-0.4, -0.2) is 53.3 Å². The number of rotatable bonds is 8. The average molecular weight is 489 g/mol. The van der Waals surface area contributed by atoms with Crippen molar-refractivity contribution in [1.29, 1.82) is 0 Å². The molecule has 1 saturated heterocycles. The van der Waals surface area contributed by atoms with Gasteiger partial charge >= 0.3 is 0 Å². The molecular formula is C23H28N4O4S2. The molecule has 0 N–H and O–H groups in total. The Morgan fingerprint density at radius 3 is 2.76 bits per heavy atom. The Balaban J connectivity index is 1.47. The number of hydrogen-bond acceptors (Lipinski definition) is 7. The topological polar surface area (TPSA) is 96.6 Å². The molecule has 3 aromatic rings. The fraction of sp³-hybridized carbons (Fsp3) is 0.435. The minimum absolute atomic E-state index is 0.0727. The zero-order chi connectivity index (χ0) is 23.4. The molecule has 10 heteroatoms. The van der Waals surface area contributed by atoms with Crippen molar-refractivity contribution in [2.75, 3.05) is 19.6 Å². The zero-order valence-electron chi connectivity index (χ0n) is 18.8. The summed E-state index contributed by atoms with van der Waals surface area (Å²) in [5.41, 5.74) is 0.999. The van der Waals surface area contributed by atoms with E-state index >= 15 is 0 Å². The molecule has 1 unspecified atom stereocenters. The second kappa shape index (κ2) is 10.1. The van der Waals surface area contributed by atoms with Gasteiger partial charge in [-0.3, -0.25) is 4.79 Å². The van der Waals surface area contributed by atoms with Crippen LogP contribution >= 0.6 is 11.3 Å². The van der Waals surface area contributed by atoms with Crippen molar-refractivity contribution < 1.29 is 17.7 Å². The van der Waals surface area contributed by atoms with Gasteiger partial charge in [-0.05, 0) is 49.8 Å². The minimum Gasteiger partial charge on any atom is -0.337 e. The highest BCUT2D eigenvalue weighted by atomic mass is 32.2. The van der Waals surface area contributed by atoms with Crippen LogP contribution in [0.2, 0.25) is 0 Å². The maximum atomic E-state index is 13.4. The van der Waals surface area contributed by atoms with Crippen molar-refractivity contribution in [2.24, 2.45) is 5.92 Å². The second-order valence-electron chi connectivity index (χ2n) is 8.26. The lowest BCUT2D eigenvalue weighted by Gasteiger charge is -2.34. The molecule has 0 saturated carbocycles. The van der Waals surface area contributed by atoms with Crippen molar-refractivity contribution in [3.63, 3.8) is 0 Å². The first kappa shape index (κ1) is 23.6. The van der Waals surface area contributed by atoms with Crippen LogP contribution in [-0.2, 0) is 21.4 Å². The lowest BCUT2D eigenvalue weighted by atomic mass is 9.98. The van der Waals surface area contributed by atoms with Gasteiger partial charge in [0.2, 0.25) is 27.6 Å². The van der Waals surface area contributed by atoms with Crippen LogP contribution in [0.3, 0.4) is 0 Å². The molecule has 0 bridgehead atoms. The molecule has 176 valence electrons. The number of nitrogens with zero attached hydrogens (tertiary/aromatic N) is 4. The Kier molecular flexibility index (Phi) is 7.26. The third kappa shape index (κ3) is 5.34. The van der Waals surface area contributed by atoms with Gasteiger partial charge in [0.1, 0.15) is 0 Å². The van der Waals surface area contributed by atoms with Crippen molar-refractivity contribution in [3.05, 3.63) is 53.2 Å². The van der Waals surface area contributed by atoms with Gasteiger partial charge in [0.25, 0.3) is 0 Å². The van der Waals surface area contributed by atoms with Gasteiger partial charge in [0.15, 0.2) is 0 Å². The number of hydrogen-bond donors (Lipinski definition) is 0. The minimum atomic E-state index is -3.64. The highest BCUT2D eigenvalue weighted by molar-refractivity contribution is 7.89. The molecule has 8 nitrogen and oxygen atoms in total. The third-order valence-electron chi connectivity index (χ3n) is 5.73. The molecule has 2 aromatic heterocycles. The fourth-order valence-corrected chi connectivity index (χ4v) is 6.18. The lowest BCUT2D eigenvalue weighted by Crippen LogP contribution is -2.46. The number of sulfonamides is 1. The van der Waals surface area contributed by atoms with E-state index in [2.05, 4.69) is 10.1 Å². The summed E-state index contributed by atoms with van der Waals surface area (Å²) in [4.78, 5) is 20.7. The molecule has 3 heterocycles. The van der Waals surface area contributed by atoms with Crippen LogP contribution in [0.5, 0.6) is 0 Å². The van der Waals surface area contributed by atoms with Crippen molar-refractivity contribution >= 4 is 27.3 Å². The standard InChI is InChI=1S/C23H28N4O4S2/c1-3-12-26(16-21-24-22(25-31-21)20-7-5-14-32-20)23(28)18-6-4-13-27(15-18)33(29,30)19-10-8-17(2)9-11-19/h5,7-11,14,18H,3-4,6,12-13,15-16H2,1-2H3. The van der Waals surface area contributed by atoms with E-state index in [1.165, 1.54) is 15.6 Å². The summed E-state index contributed by atoms with van der Waals surface area (Å²) in [7, 11) is -3.64. The summed E-state index contributed by atoms with van der Waals surface area (Å²) >= 11 is 1.52. The Morgan fingerprint density at radius 1 is 1.27 bits per heavy atom. The Bertz CT molecular complexity index is 1170. The number of thiophene rings is 1. The van der Waals surface area contributed by atoms with E-state index < -0.39 is 15.9 Å². The molecule has 1 amide bonds. The average Bonchev–Trinajstić information content (AvgIpc) is 3.51. The number of aryl methyl sites for hydroxylation is 1. The monoisotopic (exact) mass is 488 g/mol. The number of piperidine rings is 1. The summed E-state index contributed by atoms with van der Waals surface area (Å²) in [5, 5.41) is 5.97. The molecule has 1 aliphatic heterocycles. The number of benzene rings is 1. The molecular weight excluding hydrogens is 460 g/mol. The first-order valence-electron chi connectivity index (χ1n) is 11.1. The third-order valence-corrected chi connectivity index (χ3v) is 8.48. The lowest BCUT2D eigenvalue weighted by molar-refractivity contribution is -0.137. The number of carbonyl (C=O) groups is 1. The van der Waals surface area contributed by atoms with Crippen LogP contribution < -0.4 is 0 Å². The molecule has 4 rings (SSSR count). The van der Waals surface area contributed by atoms with Gasteiger partial charge in [0.05, 0.1) is 22.2 Å². The number of aromatic nitrogens is 2. The van der Waals surface area contributed by atoms with E-state index in [1.807, 2.05) is 31.4 Å². The Labute approximate surface area is 198 Å². The highest BCUT2D eigenvalue weighted by Gasteiger charge is 2.35. The molecule has 33 heavy (non-hydrogen) atoms. The van der Waals surface area contributed by atoms with E-state index in [-0.39, 0.29) is 23.9 Å².